The smallest absolute Gasteiger partial charge is 0.0169 e. The fourth-order valence-corrected chi connectivity index (χ4v) is 2.51. The first-order valence-corrected chi connectivity index (χ1v) is 9.49. The van der Waals surface area contributed by atoms with E-state index in [1.165, 1.54) is 83.5 Å². The molecule has 0 aromatic heterocycles. The van der Waals surface area contributed by atoms with Gasteiger partial charge < -0.3 is 0 Å². The molecule has 123 valence electrons. The van der Waals surface area contributed by atoms with Crippen molar-refractivity contribution in [2.75, 3.05) is 0 Å². The molecule has 0 spiro atoms. The van der Waals surface area contributed by atoms with Gasteiger partial charge in [0.1, 0.15) is 0 Å². The molecular formula is C21H39. The van der Waals surface area contributed by atoms with E-state index in [9.17, 15) is 0 Å². The molecule has 0 amide bonds. The lowest BCUT2D eigenvalue weighted by Gasteiger charge is -2.00. The molecular weight excluding hydrogens is 252 g/mol. The summed E-state index contributed by atoms with van der Waals surface area (Å²) in [5, 5.41) is 0. The standard InChI is InChI=1S/C21H39/c1-3-5-7-9-11-13-15-17-19-21-20-18-16-14-12-10-8-6-4-2/h3,12,14,18,20H,4-11,13,15-17,19,21H2,1-2H3. The van der Waals surface area contributed by atoms with Crippen LogP contribution < -0.4 is 0 Å². The van der Waals surface area contributed by atoms with Crippen LogP contribution in [0, 0.1) is 6.42 Å². The maximum atomic E-state index is 2.37. The van der Waals surface area contributed by atoms with Gasteiger partial charge in [-0.05, 0) is 38.5 Å². The minimum Gasteiger partial charge on any atom is -0.0882 e. The van der Waals surface area contributed by atoms with Gasteiger partial charge in [0.15, 0.2) is 0 Å². The lowest BCUT2D eigenvalue weighted by atomic mass is 10.1. The van der Waals surface area contributed by atoms with Crippen molar-refractivity contribution in [3.05, 3.63) is 30.7 Å². The van der Waals surface area contributed by atoms with E-state index in [0.717, 1.165) is 6.42 Å². The Bertz CT molecular complexity index is 224. The highest BCUT2D eigenvalue weighted by atomic mass is 14.0. The second kappa shape index (κ2) is 19.5. The van der Waals surface area contributed by atoms with Crippen molar-refractivity contribution in [2.24, 2.45) is 0 Å². The highest BCUT2D eigenvalue weighted by molar-refractivity contribution is 4.92. The van der Waals surface area contributed by atoms with Gasteiger partial charge in [-0.1, -0.05) is 95.9 Å². The van der Waals surface area contributed by atoms with Crippen LogP contribution in [-0.4, -0.2) is 0 Å². The summed E-state index contributed by atoms with van der Waals surface area (Å²) in [7, 11) is 0. The molecule has 0 rings (SSSR count). The molecule has 0 aromatic carbocycles. The van der Waals surface area contributed by atoms with Crippen LogP contribution in [0.25, 0.3) is 0 Å². The van der Waals surface area contributed by atoms with Crippen molar-refractivity contribution in [2.45, 2.75) is 104 Å². The van der Waals surface area contributed by atoms with E-state index >= 15 is 0 Å². The van der Waals surface area contributed by atoms with E-state index in [4.69, 9.17) is 0 Å². The molecule has 21 heavy (non-hydrogen) atoms. The third-order valence-electron chi connectivity index (χ3n) is 3.94. The Labute approximate surface area is 135 Å². The third kappa shape index (κ3) is 19.5. The van der Waals surface area contributed by atoms with Crippen molar-refractivity contribution < 1.29 is 0 Å². The number of rotatable bonds is 16. The normalized spacial score (nSPS) is 11.9. The molecule has 1 radical (unpaired) electrons. The number of hydrogen-bond donors (Lipinski definition) is 0. The summed E-state index contributed by atoms with van der Waals surface area (Å²) in [5.74, 6) is 0. The van der Waals surface area contributed by atoms with Gasteiger partial charge in [-0.25, -0.2) is 0 Å². The Kier molecular flexibility index (Phi) is 19.0. The topological polar surface area (TPSA) is 0 Å². The number of hydrogen-bond acceptors (Lipinski definition) is 0. The Morgan fingerprint density at radius 2 is 1.00 bits per heavy atom. The molecule has 0 atom stereocenters. The molecule has 0 saturated carbocycles. The van der Waals surface area contributed by atoms with Crippen LogP contribution in [0.4, 0.5) is 0 Å². The van der Waals surface area contributed by atoms with E-state index in [1.807, 2.05) is 0 Å². The van der Waals surface area contributed by atoms with Crippen LogP contribution in [0.5, 0.6) is 0 Å². The van der Waals surface area contributed by atoms with Crippen LogP contribution in [0.15, 0.2) is 24.3 Å². The summed E-state index contributed by atoms with van der Waals surface area (Å²) in [4.78, 5) is 0. The van der Waals surface area contributed by atoms with Gasteiger partial charge in [0, 0.05) is 0 Å². The first-order chi connectivity index (χ1) is 10.4. The Balaban J connectivity index is 3.11. The molecule has 0 unspecified atom stereocenters. The summed E-state index contributed by atoms with van der Waals surface area (Å²) in [6.45, 7) is 4.42. The van der Waals surface area contributed by atoms with Gasteiger partial charge in [-0.15, -0.1) is 0 Å². The monoisotopic (exact) mass is 291 g/mol. The zero-order chi connectivity index (χ0) is 15.4. The first-order valence-electron chi connectivity index (χ1n) is 9.49. The van der Waals surface area contributed by atoms with Crippen molar-refractivity contribution in [1.82, 2.24) is 0 Å². The third-order valence-corrected chi connectivity index (χ3v) is 3.94. The fraction of sp³-hybridized carbons (Fsp3) is 0.762. The Morgan fingerprint density at radius 1 is 0.524 bits per heavy atom. The van der Waals surface area contributed by atoms with E-state index in [-0.39, 0.29) is 0 Å². The van der Waals surface area contributed by atoms with Crippen LogP contribution in [0.2, 0.25) is 0 Å². The summed E-state index contributed by atoms with van der Waals surface area (Å²) in [5.41, 5.74) is 0. The van der Waals surface area contributed by atoms with E-state index in [1.54, 1.807) is 0 Å². The molecule has 0 heteroatoms. The summed E-state index contributed by atoms with van der Waals surface area (Å²) >= 11 is 0. The average Bonchev–Trinajstić information content (AvgIpc) is 2.50. The molecule has 0 aliphatic rings. The second-order valence-corrected chi connectivity index (χ2v) is 6.13. The molecule has 0 aliphatic heterocycles. The van der Waals surface area contributed by atoms with Crippen LogP contribution >= 0.6 is 0 Å². The van der Waals surface area contributed by atoms with Gasteiger partial charge in [0.2, 0.25) is 0 Å². The predicted molar refractivity (Wildman–Crippen MR) is 98.6 cm³/mol. The lowest BCUT2D eigenvalue weighted by Crippen LogP contribution is -1.80. The van der Waals surface area contributed by atoms with Gasteiger partial charge in [0.05, 0.1) is 0 Å². The molecule has 0 bridgehead atoms. The molecule has 0 fully saturated rings. The van der Waals surface area contributed by atoms with Crippen molar-refractivity contribution in [3.8, 4) is 0 Å². The van der Waals surface area contributed by atoms with E-state index in [2.05, 4.69) is 44.6 Å². The highest BCUT2D eigenvalue weighted by Gasteiger charge is 1.91. The molecule has 0 saturated heterocycles. The molecule has 0 aliphatic carbocycles. The van der Waals surface area contributed by atoms with Gasteiger partial charge >= 0.3 is 0 Å². The molecule has 0 heterocycles. The predicted octanol–water partition coefficient (Wildman–Crippen LogP) is 7.80. The zero-order valence-electron chi connectivity index (χ0n) is 14.8. The SMILES string of the molecule is C[CH]CCCCCCCCCC=CCC=CCCCCC. The lowest BCUT2D eigenvalue weighted by molar-refractivity contribution is 0.580. The summed E-state index contributed by atoms with van der Waals surface area (Å²) in [6.07, 6.45) is 30.6. The van der Waals surface area contributed by atoms with E-state index < -0.39 is 0 Å². The number of allylic oxidation sites excluding steroid dienone is 4. The van der Waals surface area contributed by atoms with Crippen LogP contribution in [-0.2, 0) is 0 Å². The highest BCUT2D eigenvalue weighted by Crippen LogP contribution is 2.10. The van der Waals surface area contributed by atoms with Gasteiger partial charge in [0.25, 0.3) is 0 Å². The largest absolute Gasteiger partial charge is 0.0882 e. The van der Waals surface area contributed by atoms with E-state index in [0.29, 0.717) is 0 Å². The van der Waals surface area contributed by atoms with Crippen molar-refractivity contribution in [3.63, 3.8) is 0 Å². The zero-order valence-corrected chi connectivity index (χ0v) is 14.8. The first kappa shape index (κ1) is 20.5. The maximum absolute atomic E-state index is 2.37. The van der Waals surface area contributed by atoms with Gasteiger partial charge in [-0.2, -0.15) is 0 Å². The quantitative estimate of drug-likeness (QED) is 0.201. The van der Waals surface area contributed by atoms with Crippen LogP contribution in [0.1, 0.15) is 104 Å². The average molecular weight is 292 g/mol. The Hall–Kier alpha value is -0.520. The number of unbranched alkanes of at least 4 members (excludes halogenated alkanes) is 12. The van der Waals surface area contributed by atoms with Crippen LogP contribution in [0.3, 0.4) is 0 Å². The van der Waals surface area contributed by atoms with Crippen molar-refractivity contribution >= 4 is 0 Å². The minimum atomic E-state index is 1.13. The maximum Gasteiger partial charge on any atom is -0.0169 e. The van der Waals surface area contributed by atoms with Crippen molar-refractivity contribution in [1.29, 1.82) is 0 Å². The summed E-state index contributed by atoms with van der Waals surface area (Å²) in [6, 6.07) is 0. The molecule has 0 aromatic rings. The Morgan fingerprint density at radius 3 is 1.52 bits per heavy atom. The fourth-order valence-electron chi connectivity index (χ4n) is 2.51. The summed E-state index contributed by atoms with van der Waals surface area (Å²) < 4.78 is 0. The van der Waals surface area contributed by atoms with Gasteiger partial charge in [-0.3, -0.25) is 0 Å². The second-order valence-electron chi connectivity index (χ2n) is 6.13. The molecule has 0 nitrogen and oxygen atoms in total. The molecule has 0 N–H and O–H groups in total. The minimum absolute atomic E-state index is 1.13.